The van der Waals surface area contributed by atoms with Gasteiger partial charge in [0, 0.05) is 0 Å². The minimum absolute atomic E-state index is 0.0788. The second kappa shape index (κ2) is 11.4. The number of aldehydes is 1. The lowest BCUT2D eigenvalue weighted by atomic mass is 10.0. The Balaban J connectivity index is 5.62. The van der Waals surface area contributed by atoms with Crippen molar-refractivity contribution in [1.29, 1.82) is 0 Å². The number of carbonyl (C=O) groups is 4. The third-order valence-corrected chi connectivity index (χ3v) is 2.65. The molecule has 12 heteroatoms. The van der Waals surface area contributed by atoms with Crippen LogP contribution in [0.15, 0.2) is 0 Å². The first kappa shape index (κ1) is 21.9. The Bertz CT molecular complexity index is 445. The smallest absolute Gasteiger partial charge is 0.320 e. The molecule has 0 aromatic carbocycles. The normalized spacial score (nSPS) is 15.5. The number of nitrogens with two attached hydrogens (primary N) is 3. The summed E-state index contributed by atoms with van der Waals surface area (Å²) >= 11 is 0. The van der Waals surface area contributed by atoms with E-state index in [2.05, 4.69) is 4.74 Å². The van der Waals surface area contributed by atoms with Gasteiger partial charge in [0.2, 0.25) is 0 Å². The number of carbonyl (C=O) groups excluding carboxylic acids is 4. The molecule has 0 aromatic rings. The van der Waals surface area contributed by atoms with Crippen LogP contribution in [-0.4, -0.2) is 85.1 Å². The molecule has 0 aliphatic rings. The quantitative estimate of drug-likeness (QED) is 0.134. The summed E-state index contributed by atoms with van der Waals surface area (Å²) in [4.78, 5) is 45.3. The first-order valence-corrected chi connectivity index (χ1v) is 6.77. The molecule has 24 heavy (non-hydrogen) atoms. The number of aliphatic hydroxyl groups is 2. The summed E-state index contributed by atoms with van der Waals surface area (Å²) in [6, 6.07) is 0. The first-order valence-electron chi connectivity index (χ1n) is 6.77. The van der Waals surface area contributed by atoms with Crippen molar-refractivity contribution < 1.29 is 43.6 Å². The molecule has 0 aliphatic heterocycles. The number of hydrogen-bond donors (Lipinski definition) is 5. The van der Waals surface area contributed by atoms with Gasteiger partial charge in [0.25, 0.3) is 0 Å². The van der Waals surface area contributed by atoms with E-state index in [0.717, 1.165) is 0 Å². The van der Waals surface area contributed by atoms with Gasteiger partial charge in [0.05, 0.1) is 26.2 Å². The molecule has 0 saturated heterocycles. The summed E-state index contributed by atoms with van der Waals surface area (Å²) in [6.07, 6.45) is -6.98. The van der Waals surface area contributed by atoms with Gasteiger partial charge in [0.15, 0.2) is 24.6 Å². The molecule has 0 aliphatic carbocycles. The zero-order valence-corrected chi connectivity index (χ0v) is 12.7. The molecule has 0 amide bonds. The molecule has 138 valence electrons. The van der Waals surface area contributed by atoms with E-state index < -0.39 is 68.6 Å². The highest BCUT2D eigenvalue weighted by Gasteiger charge is 2.41. The fourth-order valence-electron chi connectivity index (χ4n) is 1.56. The highest BCUT2D eigenvalue weighted by Crippen LogP contribution is 2.16. The zero-order chi connectivity index (χ0) is 18.7. The molecule has 8 N–H and O–H groups in total. The van der Waals surface area contributed by atoms with Crippen LogP contribution < -0.4 is 17.2 Å². The maximum atomic E-state index is 11.4. The first-order chi connectivity index (χ1) is 11.3. The lowest BCUT2D eigenvalue weighted by Gasteiger charge is -2.32. The third kappa shape index (κ3) is 6.97. The van der Waals surface area contributed by atoms with Crippen molar-refractivity contribution in [1.82, 2.24) is 0 Å². The summed E-state index contributed by atoms with van der Waals surface area (Å²) < 4.78 is 14.3. The number of hydrogen-bond acceptors (Lipinski definition) is 12. The fraction of sp³-hybridized carbons (Fsp3) is 0.667. The average Bonchev–Trinajstić information content (AvgIpc) is 2.60. The number of rotatable bonds is 11. The van der Waals surface area contributed by atoms with Crippen molar-refractivity contribution in [3.8, 4) is 0 Å². The maximum absolute atomic E-state index is 11.4. The second-order valence-corrected chi connectivity index (χ2v) is 4.36. The zero-order valence-electron chi connectivity index (χ0n) is 12.7. The minimum atomic E-state index is -1.77. The molecule has 0 radical (unpaired) electrons. The predicted octanol–water partition coefficient (Wildman–Crippen LogP) is -4.85. The molecule has 0 aromatic heterocycles. The number of aliphatic hydroxyl groups excluding tert-OH is 2. The molecule has 0 bridgehead atoms. The van der Waals surface area contributed by atoms with Crippen LogP contribution in [0.4, 0.5) is 0 Å². The van der Waals surface area contributed by atoms with Crippen LogP contribution in [-0.2, 0) is 33.4 Å². The molecule has 0 heterocycles. The Labute approximate surface area is 136 Å². The summed E-state index contributed by atoms with van der Waals surface area (Å²) in [5.41, 5.74) is 15.2. The molecular weight excluding hydrogens is 330 g/mol. The van der Waals surface area contributed by atoms with E-state index in [1.165, 1.54) is 0 Å². The van der Waals surface area contributed by atoms with Crippen LogP contribution >= 0.6 is 0 Å². The van der Waals surface area contributed by atoms with Gasteiger partial charge in [-0.25, -0.2) is 0 Å². The lowest BCUT2D eigenvalue weighted by molar-refractivity contribution is -0.194. The van der Waals surface area contributed by atoms with Crippen molar-refractivity contribution in [3.63, 3.8) is 0 Å². The summed E-state index contributed by atoms with van der Waals surface area (Å²) in [7, 11) is 0. The average molecular weight is 351 g/mol. The van der Waals surface area contributed by atoms with Gasteiger partial charge < -0.3 is 41.6 Å². The maximum Gasteiger partial charge on any atom is 0.320 e. The Morgan fingerprint density at radius 3 is 1.67 bits per heavy atom. The van der Waals surface area contributed by atoms with Crippen LogP contribution in [0.2, 0.25) is 0 Å². The highest BCUT2D eigenvalue weighted by molar-refractivity contribution is 5.76. The summed E-state index contributed by atoms with van der Waals surface area (Å²) in [6.45, 7) is -2.71. The molecule has 12 nitrogen and oxygen atoms in total. The van der Waals surface area contributed by atoms with Gasteiger partial charge in [0.1, 0.15) is 6.10 Å². The Hall–Kier alpha value is -2.12. The molecule has 0 rings (SSSR count). The van der Waals surface area contributed by atoms with Crippen molar-refractivity contribution in [2.75, 3.05) is 26.2 Å². The van der Waals surface area contributed by atoms with E-state index in [4.69, 9.17) is 31.8 Å². The summed E-state index contributed by atoms with van der Waals surface area (Å²) in [5, 5.41) is 18.8. The molecule has 4 atom stereocenters. The molecule has 0 saturated carbocycles. The van der Waals surface area contributed by atoms with Crippen molar-refractivity contribution in [3.05, 3.63) is 0 Å². The van der Waals surface area contributed by atoms with Gasteiger partial charge in [-0.15, -0.1) is 0 Å². The minimum Gasteiger partial charge on any atom is -0.454 e. The number of ether oxygens (including phenoxy) is 3. The van der Waals surface area contributed by atoms with Gasteiger partial charge in [-0.3, -0.25) is 19.2 Å². The van der Waals surface area contributed by atoms with Crippen LogP contribution in [0.25, 0.3) is 0 Å². The van der Waals surface area contributed by atoms with Crippen molar-refractivity contribution in [2.45, 2.75) is 24.4 Å². The highest BCUT2D eigenvalue weighted by atomic mass is 16.6. The Morgan fingerprint density at radius 2 is 1.29 bits per heavy atom. The van der Waals surface area contributed by atoms with Crippen LogP contribution in [0.1, 0.15) is 0 Å². The van der Waals surface area contributed by atoms with Gasteiger partial charge in [-0.2, -0.15) is 0 Å². The summed E-state index contributed by atoms with van der Waals surface area (Å²) in [5.74, 6) is -3.10. The Kier molecular flexibility index (Phi) is 10.4. The molecule has 0 spiro atoms. The van der Waals surface area contributed by atoms with E-state index >= 15 is 0 Å². The Morgan fingerprint density at radius 1 is 0.875 bits per heavy atom. The molecule has 0 unspecified atom stereocenters. The second-order valence-electron chi connectivity index (χ2n) is 4.36. The largest absolute Gasteiger partial charge is 0.454 e. The van der Waals surface area contributed by atoms with Crippen molar-refractivity contribution >= 4 is 24.2 Å². The monoisotopic (exact) mass is 351 g/mol. The fourth-order valence-corrected chi connectivity index (χ4v) is 1.56. The molecule has 0 fully saturated rings. The van der Waals surface area contributed by atoms with Gasteiger partial charge in [-0.05, 0) is 0 Å². The topological polar surface area (TPSA) is 214 Å². The van der Waals surface area contributed by atoms with Crippen LogP contribution in [0, 0.1) is 0 Å². The predicted molar refractivity (Wildman–Crippen MR) is 76.0 cm³/mol. The van der Waals surface area contributed by atoms with Crippen LogP contribution in [0.3, 0.4) is 0 Å². The standard InChI is InChI=1S/C12H21N3O9/c13-1-8(19)22-7(5-17)12(24-10(21)3-15)11(6(18)4-16)23-9(20)2-14/h5-7,11-12,16,18H,1-4,13-15H2/t6-,7+,11-,12-/m1/s1. The SMILES string of the molecule is NCC(=O)O[C@@H]([C@H](OC(=O)CN)[C@H](C=O)OC(=O)CN)[C@H](O)CO. The van der Waals surface area contributed by atoms with Gasteiger partial charge in [-0.1, -0.05) is 0 Å². The van der Waals surface area contributed by atoms with Crippen molar-refractivity contribution in [2.24, 2.45) is 17.2 Å². The molecular formula is C12H21N3O9. The van der Waals surface area contributed by atoms with E-state index in [-0.39, 0.29) is 6.29 Å². The lowest BCUT2D eigenvalue weighted by Crippen LogP contribution is -2.53. The van der Waals surface area contributed by atoms with Crippen LogP contribution in [0.5, 0.6) is 0 Å². The van der Waals surface area contributed by atoms with E-state index in [0.29, 0.717) is 0 Å². The van der Waals surface area contributed by atoms with Gasteiger partial charge >= 0.3 is 17.9 Å². The third-order valence-electron chi connectivity index (χ3n) is 2.65. The van der Waals surface area contributed by atoms with E-state index in [1.54, 1.807) is 0 Å². The van der Waals surface area contributed by atoms with E-state index in [9.17, 15) is 24.3 Å². The van der Waals surface area contributed by atoms with E-state index in [1.807, 2.05) is 0 Å². The number of esters is 3.